The van der Waals surface area contributed by atoms with E-state index >= 15 is 0 Å². The van der Waals surface area contributed by atoms with Crippen LogP contribution in [0.1, 0.15) is 149 Å². The average molecular weight is 399 g/mol. The maximum Gasteiger partial charge on any atom is 0.157 e. The summed E-state index contributed by atoms with van der Waals surface area (Å²) in [5, 5.41) is 0. The minimum absolute atomic E-state index is 0.0434. The lowest BCUT2D eigenvalue weighted by Gasteiger charge is -2.19. The Morgan fingerprint density at radius 3 is 1.11 bits per heavy atom. The second-order valence-corrected chi connectivity index (χ2v) is 8.62. The Labute approximate surface area is 178 Å². The van der Waals surface area contributed by atoms with E-state index < -0.39 is 0 Å². The molecule has 0 saturated heterocycles. The first-order chi connectivity index (χ1) is 13.8. The summed E-state index contributed by atoms with van der Waals surface area (Å²) >= 11 is 0. The van der Waals surface area contributed by atoms with Gasteiger partial charge in [-0.25, -0.2) is 0 Å². The van der Waals surface area contributed by atoms with E-state index in [1.807, 2.05) is 0 Å². The summed E-state index contributed by atoms with van der Waals surface area (Å²) in [7, 11) is 0. The quantitative estimate of drug-likeness (QED) is 0.119. The van der Waals surface area contributed by atoms with Crippen LogP contribution in [0.4, 0.5) is 0 Å². The zero-order valence-corrected chi connectivity index (χ0v) is 20.0. The molecule has 0 amide bonds. The maximum absolute atomic E-state index is 6.12. The van der Waals surface area contributed by atoms with Gasteiger partial charge in [-0.2, -0.15) is 0 Å². The Morgan fingerprint density at radius 2 is 0.714 bits per heavy atom. The van der Waals surface area contributed by atoms with Crippen molar-refractivity contribution in [2.75, 3.05) is 13.2 Å². The van der Waals surface area contributed by atoms with Crippen molar-refractivity contribution in [3.05, 3.63) is 0 Å². The van der Waals surface area contributed by atoms with Crippen molar-refractivity contribution in [3.8, 4) is 0 Å². The van der Waals surface area contributed by atoms with Gasteiger partial charge in [0.15, 0.2) is 6.29 Å². The molecular formula is C26H54O2. The van der Waals surface area contributed by atoms with Gasteiger partial charge in [0.05, 0.1) is 0 Å². The van der Waals surface area contributed by atoms with Crippen molar-refractivity contribution in [1.29, 1.82) is 0 Å². The highest BCUT2D eigenvalue weighted by Gasteiger charge is 2.09. The van der Waals surface area contributed by atoms with Gasteiger partial charge in [-0.15, -0.1) is 0 Å². The highest BCUT2D eigenvalue weighted by Crippen LogP contribution is 2.14. The van der Waals surface area contributed by atoms with Crippen LogP contribution in [0.15, 0.2) is 0 Å². The van der Waals surface area contributed by atoms with Gasteiger partial charge >= 0.3 is 0 Å². The first-order valence-corrected chi connectivity index (χ1v) is 13.1. The molecule has 0 aromatic rings. The van der Waals surface area contributed by atoms with Gasteiger partial charge in [0.1, 0.15) is 0 Å². The molecule has 0 aliphatic carbocycles. The van der Waals surface area contributed by atoms with Gasteiger partial charge < -0.3 is 9.47 Å². The summed E-state index contributed by atoms with van der Waals surface area (Å²) in [6.07, 6.45) is 26.5. The monoisotopic (exact) mass is 398 g/mol. The van der Waals surface area contributed by atoms with Crippen LogP contribution in [-0.2, 0) is 9.47 Å². The van der Waals surface area contributed by atoms with E-state index in [4.69, 9.17) is 9.47 Å². The zero-order valence-electron chi connectivity index (χ0n) is 20.0. The van der Waals surface area contributed by atoms with Gasteiger partial charge in [-0.1, -0.05) is 124 Å². The molecule has 0 bridgehead atoms. The lowest BCUT2D eigenvalue weighted by molar-refractivity contribution is -0.148. The predicted molar refractivity (Wildman–Crippen MR) is 125 cm³/mol. The van der Waals surface area contributed by atoms with Crippen molar-refractivity contribution in [1.82, 2.24) is 0 Å². The lowest BCUT2D eigenvalue weighted by atomic mass is 10.1. The van der Waals surface area contributed by atoms with Crippen molar-refractivity contribution < 1.29 is 9.47 Å². The smallest absolute Gasteiger partial charge is 0.157 e. The summed E-state index contributed by atoms with van der Waals surface area (Å²) < 4.78 is 12.2. The third-order valence-corrected chi connectivity index (χ3v) is 5.65. The molecule has 0 aliphatic rings. The molecule has 0 spiro atoms. The van der Waals surface area contributed by atoms with Gasteiger partial charge in [0.2, 0.25) is 0 Å². The van der Waals surface area contributed by atoms with Crippen LogP contribution < -0.4 is 0 Å². The van der Waals surface area contributed by atoms with Crippen molar-refractivity contribution >= 4 is 0 Å². The predicted octanol–water partition coefficient (Wildman–Crippen LogP) is 9.21. The van der Waals surface area contributed by atoms with E-state index in [-0.39, 0.29) is 6.29 Å². The normalized spacial score (nSPS) is 11.6. The molecule has 0 unspecified atom stereocenters. The Hall–Kier alpha value is -0.0800. The number of unbranched alkanes of at least 4 members (excludes halogenated alkanes) is 16. The molecule has 0 radical (unpaired) electrons. The van der Waals surface area contributed by atoms with Gasteiger partial charge in [-0.05, 0) is 25.7 Å². The first-order valence-electron chi connectivity index (χ1n) is 13.1. The summed E-state index contributed by atoms with van der Waals surface area (Å²) in [5.41, 5.74) is 0. The number of ether oxygens (including phenoxy) is 2. The fraction of sp³-hybridized carbons (Fsp3) is 1.00. The van der Waals surface area contributed by atoms with E-state index in [2.05, 4.69) is 20.8 Å². The molecule has 0 heterocycles. The van der Waals surface area contributed by atoms with Crippen LogP contribution in [0.5, 0.6) is 0 Å². The molecule has 0 aromatic heterocycles. The molecule has 28 heavy (non-hydrogen) atoms. The van der Waals surface area contributed by atoms with Crippen LogP contribution in [-0.4, -0.2) is 19.5 Å². The molecule has 2 heteroatoms. The molecular weight excluding hydrogens is 344 g/mol. The summed E-state index contributed by atoms with van der Waals surface area (Å²) in [6, 6.07) is 0. The van der Waals surface area contributed by atoms with E-state index in [1.165, 1.54) is 122 Å². The lowest BCUT2D eigenvalue weighted by Crippen LogP contribution is -2.19. The van der Waals surface area contributed by atoms with Crippen LogP contribution in [0.2, 0.25) is 0 Å². The van der Waals surface area contributed by atoms with E-state index in [0.29, 0.717) is 0 Å². The fourth-order valence-corrected chi connectivity index (χ4v) is 3.68. The fourth-order valence-electron chi connectivity index (χ4n) is 3.68. The Kier molecular flexibility index (Phi) is 24.9. The largest absolute Gasteiger partial charge is 0.353 e. The molecule has 0 fully saturated rings. The number of hydrogen-bond donors (Lipinski definition) is 0. The zero-order chi connectivity index (χ0) is 20.5. The highest BCUT2D eigenvalue weighted by molar-refractivity contribution is 4.52. The SMILES string of the molecule is CCCCCCCCCC(OCCCCCCCC)OCCCCCCCC. The number of rotatable bonds is 24. The summed E-state index contributed by atoms with van der Waals surface area (Å²) in [6.45, 7) is 8.60. The molecule has 0 aliphatic heterocycles. The van der Waals surface area contributed by atoms with Crippen LogP contribution in [0.3, 0.4) is 0 Å². The Bertz CT molecular complexity index is 224. The molecule has 2 nitrogen and oxygen atoms in total. The first kappa shape index (κ1) is 27.9. The second kappa shape index (κ2) is 25.0. The minimum atomic E-state index is 0.0434. The van der Waals surface area contributed by atoms with E-state index in [1.54, 1.807) is 0 Å². The second-order valence-electron chi connectivity index (χ2n) is 8.62. The maximum atomic E-state index is 6.12. The van der Waals surface area contributed by atoms with Gasteiger partial charge in [-0.3, -0.25) is 0 Å². The van der Waals surface area contributed by atoms with E-state index in [0.717, 1.165) is 19.6 Å². The average Bonchev–Trinajstić information content (AvgIpc) is 2.71. The van der Waals surface area contributed by atoms with Crippen LogP contribution in [0.25, 0.3) is 0 Å². The minimum Gasteiger partial charge on any atom is -0.353 e. The van der Waals surface area contributed by atoms with Gasteiger partial charge in [0, 0.05) is 13.2 Å². The van der Waals surface area contributed by atoms with Crippen molar-refractivity contribution in [2.45, 2.75) is 155 Å². The van der Waals surface area contributed by atoms with Crippen molar-refractivity contribution in [3.63, 3.8) is 0 Å². The molecule has 0 saturated carbocycles. The molecule has 0 aromatic carbocycles. The third kappa shape index (κ3) is 22.2. The Morgan fingerprint density at radius 1 is 0.393 bits per heavy atom. The van der Waals surface area contributed by atoms with Gasteiger partial charge in [0.25, 0.3) is 0 Å². The van der Waals surface area contributed by atoms with Crippen LogP contribution >= 0.6 is 0 Å². The molecule has 0 N–H and O–H groups in total. The van der Waals surface area contributed by atoms with Crippen LogP contribution in [0, 0.1) is 0 Å². The Balaban J connectivity index is 3.80. The summed E-state index contributed by atoms with van der Waals surface area (Å²) in [4.78, 5) is 0. The number of hydrogen-bond acceptors (Lipinski definition) is 2. The van der Waals surface area contributed by atoms with E-state index in [9.17, 15) is 0 Å². The molecule has 170 valence electrons. The summed E-state index contributed by atoms with van der Waals surface area (Å²) in [5.74, 6) is 0. The van der Waals surface area contributed by atoms with Crippen molar-refractivity contribution in [2.24, 2.45) is 0 Å². The molecule has 0 rings (SSSR count). The topological polar surface area (TPSA) is 18.5 Å². The standard InChI is InChI=1S/C26H54O2/c1-4-7-10-13-16-17-20-23-26(27-24-21-18-14-11-8-5-2)28-25-22-19-15-12-9-6-3/h26H,4-25H2,1-3H3. The molecule has 0 atom stereocenters. The highest BCUT2D eigenvalue weighted by atomic mass is 16.7. The third-order valence-electron chi connectivity index (χ3n) is 5.65.